The van der Waals surface area contributed by atoms with Crippen LogP contribution in [0.2, 0.25) is 0 Å². The van der Waals surface area contributed by atoms with E-state index in [4.69, 9.17) is 14.9 Å². The number of nitrogens with zero attached hydrogens (tertiary/aromatic N) is 1. The number of amidine groups is 1. The van der Waals surface area contributed by atoms with Crippen molar-refractivity contribution >= 4 is 27.8 Å². The zero-order valence-corrected chi connectivity index (χ0v) is 13.4. The average Bonchev–Trinajstić information content (AvgIpc) is 2.95. The lowest BCUT2D eigenvalue weighted by Crippen LogP contribution is -2.33. The fourth-order valence-corrected chi connectivity index (χ4v) is 3.18. The van der Waals surface area contributed by atoms with Crippen LogP contribution in [0.3, 0.4) is 0 Å². The number of fused-ring (bicyclic) bond motifs is 1. The molecule has 2 aliphatic heterocycles. The van der Waals surface area contributed by atoms with Crippen molar-refractivity contribution in [2.24, 2.45) is 5.92 Å². The lowest BCUT2D eigenvalue weighted by Gasteiger charge is -2.25. The Kier molecular flexibility index (Phi) is 3.52. The highest BCUT2D eigenvalue weighted by molar-refractivity contribution is 9.10. The molecule has 2 N–H and O–H groups in total. The molecule has 0 aromatic heterocycles. The highest BCUT2D eigenvalue weighted by Gasteiger charge is 2.38. The van der Waals surface area contributed by atoms with Gasteiger partial charge in [-0.2, -0.15) is 0 Å². The van der Waals surface area contributed by atoms with E-state index in [1.807, 2.05) is 26.0 Å². The van der Waals surface area contributed by atoms with Gasteiger partial charge >= 0.3 is 6.03 Å². The molecule has 1 unspecified atom stereocenters. The molecule has 1 aromatic rings. The second-order valence-corrected chi connectivity index (χ2v) is 6.38. The molecule has 0 aliphatic carbocycles. The molecule has 6 nitrogen and oxygen atoms in total. The van der Waals surface area contributed by atoms with Crippen LogP contribution >= 0.6 is 15.9 Å². The van der Waals surface area contributed by atoms with Gasteiger partial charge in [-0.25, -0.2) is 4.79 Å². The minimum absolute atomic E-state index is 0.186. The number of halogens is 1. The van der Waals surface area contributed by atoms with Crippen LogP contribution in [0, 0.1) is 11.3 Å². The predicted octanol–water partition coefficient (Wildman–Crippen LogP) is 2.88. The number of carbonyl (C=O) groups is 1. The summed E-state index contributed by atoms with van der Waals surface area (Å²) in [6.07, 6.45) is 0. The molecule has 2 amide bonds. The van der Waals surface area contributed by atoms with Crippen molar-refractivity contribution in [2.75, 3.05) is 13.3 Å². The number of carbonyl (C=O) groups excluding carboxylic acids is 1. The van der Waals surface area contributed by atoms with Gasteiger partial charge in [0.1, 0.15) is 11.9 Å². The molecule has 2 heterocycles. The SMILES string of the molecule is CC(C)CN1C(=O)NC(=N)C1c1cc(Br)c2c(c1)OCO2. The summed E-state index contributed by atoms with van der Waals surface area (Å²) in [6.45, 7) is 4.86. The Morgan fingerprint density at radius 2 is 2.24 bits per heavy atom. The molecular formula is C14H16BrN3O3. The van der Waals surface area contributed by atoms with E-state index < -0.39 is 6.04 Å². The molecule has 0 saturated carbocycles. The van der Waals surface area contributed by atoms with Crippen LogP contribution in [0.15, 0.2) is 16.6 Å². The minimum Gasteiger partial charge on any atom is -0.454 e. The van der Waals surface area contributed by atoms with Gasteiger partial charge in [0.25, 0.3) is 0 Å². The fraction of sp³-hybridized carbons (Fsp3) is 0.429. The first kappa shape index (κ1) is 14.2. The van der Waals surface area contributed by atoms with Crippen LogP contribution in [0.5, 0.6) is 11.5 Å². The number of hydrogen-bond acceptors (Lipinski definition) is 4. The maximum Gasteiger partial charge on any atom is 0.323 e. The Hall–Kier alpha value is -1.76. The van der Waals surface area contributed by atoms with E-state index >= 15 is 0 Å². The Morgan fingerprint density at radius 1 is 1.48 bits per heavy atom. The van der Waals surface area contributed by atoms with Crippen molar-refractivity contribution in [3.05, 3.63) is 22.2 Å². The molecule has 0 bridgehead atoms. The number of ether oxygens (including phenoxy) is 2. The van der Waals surface area contributed by atoms with Crippen LogP contribution in [0.1, 0.15) is 25.5 Å². The standard InChI is InChI=1S/C14H16BrN3O3/c1-7(2)5-18-11(13(16)17-14(18)19)8-3-9(15)12-10(4-8)20-6-21-12/h3-4,7,11H,5-6H2,1-2H3,(H2,16,17,19). The number of urea groups is 1. The van der Waals surface area contributed by atoms with Crippen molar-refractivity contribution in [1.29, 1.82) is 5.41 Å². The molecular weight excluding hydrogens is 338 g/mol. The highest BCUT2D eigenvalue weighted by Crippen LogP contribution is 2.42. The van der Waals surface area contributed by atoms with E-state index in [2.05, 4.69) is 21.2 Å². The van der Waals surface area contributed by atoms with Crippen LogP contribution in [0.25, 0.3) is 0 Å². The topological polar surface area (TPSA) is 74.7 Å². The van der Waals surface area contributed by atoms with E-state index in [0.29, 0.717) is 24.0 Å². The van der Waals surface area contributed by atoms with Gasteiger partial charge < -0.3 is 14.4 Å². The number of hydrogen-bond donors (Lipinski definition) is 2. The predicted molar refractivity (Wildman–Crippen MR) is 80.8 cm³/mol. The molecule has 3 rings (SSSR count). The average molecular weight is 354 g/mol. The van der Waals surface area contributed by atoms with Gasteiger partial charge in [0, 0.05) is 6.54 Å². The first-order valence-electron chi connectivity index (χ1n) is 6.72. The maximum absolute atomic E-state index is 12.0. The van der Waals surface area contributed by atoms with Gasteiger partial charge in [-0.3, -0.25) is 10.7 Å². The smallest absolute Gasteiger partial charge is 0.323 e. The zero-order valence-electron chi connectivity index (χ0n) is 11.8. The molecule has 2 aliphatic rings. The Balaban J connectivity index is 1.99. The second-order valence-electron chi connectivity index (χ2n) is 5.53. The fourth-order valence-electron chi connectivity index (χ4n) is 2.60. The van der Waals surface area contributed by atoms with Crippen molar-refractivity contribution in [3.63, 3.8) is 0 Å². The largest absolute Gasteiger partial charge is 0.454 e. The Morgan fingerprint density at radius 3 is 2.95 bits per heavy atom. The summed E-state index contributed by atoms with van der Waals surface area (Å²) in [4.78, 5) is 13.7. The summed E-state index contributed by atoms with van der Waals surface area (Å²) in [5.41, 5.74) is 0.829. The van der Waals surface area contributed by atoms with Gasteiger partial charge in [0.05, 0.1) is 4.47 Å². The first-order chi connectivity index (χ1) is 9.97. The summed E-state index contributed by atoms with van der Waals surface area (Å²) in [5.74, 6) is 1.81. The number of benzene rings is 1. The first-order valence-corrected chi connectivity index (χ1v) is 7.51. The van der Waals surface area contributed by atoms with Crippen LogP contribution in [-0.2, 0) is 0 Å². The molecule has 112 valence electrons. The molecule has 1 fully saturated rings. The molecule has 7 heteroatoms. The van der Waals surface area contributed by atoms with Gasteiger partial charge in [-0.1, -0.05) is 13.8 Å². The quantitative estimate of drug-likeness (QED) is 0.877. The molecule has 0 spiro atoms. The van der Waals surface area contributed by atoms with Gasteiger partial charge in [-0.15, -0.1) is 0 Å². The number of nitrogens with one attached hydrogen (secondary N) is 2. The molecule has 0 radical (unpaired) electrons. The van der Waals surface area contributed by atoms with E-state index in [1.54, 1.807) is 4.90 Å². The van der Waals surface area contributed by atoms with Crippen molar-refractivity contribution < 1.29 is 14.3 Å². The molecule has 1 saturated heterocycles. The normalized spacial score (nSPS) is 20.4. The van der Waals surface area contributed by atoms with Crippen molar-refractivity contribution in [2.45, 2.75) is 19.9 Å². The summed E-state index contributed by atoms with van der Waals surface area (Å²) in [7, 11) is 0. The Bertz CT molecular complexity index is 618. The van der Waals surface area contributed by atoms with E-state index in [1.165, 1.54) is 0 Å². The van der Waals surface area contributed by atoms with Gasteiger partial charge in [-0.05, 0) is 39.5 Å². The highest BCUT2D eigenvalue weighted by atomic mass is 79.9. The van der Waals surface area contributed by atoms with Crippen molar-refractivity contribution in [3.8, 4) is 11.5 Å². The second kappa shape index (κ2) is 5.22. The van der Waals surface area contributed by atoms with E-state index in [0.717, 1.165) is 10.0 Å². The summed E-state index contributed by atoms with van der Waals surface area (Å²) in [5, 5.41) is 10.6. The van der Waals surface area contributed by atoms with Gasteiger partial charge in [0.15, 0.2) is 11.5 Å². The third kappa shape index (κ3) is 2.46. The minimum atomic E-state index is -0.411. The zero-order chi connectivity index (χ0) is 15.1. The molecule has 1 atom stereocenters. The summed E-state index contributed by atoms with van der Waals surface area (Å²) in [6, 6.07) is 3.07. The summed E-state index contributed by atoms with van der Waals surface area (Å²) < 4.78 is 11.5. The van der Waals surface area contributed by atoms with Crippen LogP contribution in [0.4, 0.5) is 4.79 Å². The van der Waals surface area contributed by atoms with Gasteiger partial charge in [0.2, 0.25) is 6.79 Å². The van der Waals surface area contributed by atoms with Crippen LogP contribution < -0.4 is 14.8 Å². The number of amides is 2. The lowest BCUT2D eigenvalue weighted by atomic mass is 10.0. The monoisotopic (exact) mass is 353 g/mol. The summed E-state index contributed by atoms with van der Waals surface area (Å²) >= 11 is 3.45. The maximum atomic E-state index is 12.0. The third-order valence-electron chi connectivity index (χ3n) is 3.41. The lowest BCUT2D eigenvalue weighted by molar-refractivity contribution is 0.173. The third-order valence-corrected chi connectivity index (χ3v) is 4.00. The van der Waals surface area contributed by atoms with Crippen LogP contribution in [-0.4, -0.2) is 30.1 Å². The number of rotatable bonds is 3. The Labute approximate surface area is 131 Å². The van der Waals surface area contributed by atoms with Crippen molar-refractivity contribution in [1.82, 2.24) is 10.2 Å². The molecule has 1 aromatic carbocycles. The molecule has 21 heavy (non-hydrogen) atoms. The van der Waals surface area contributed by atoms with E-state index in [-0.39, 0.29) is 18.7 Å². The van der Waals surface area contributed by atoms with E-state index in [9.17, 15) is 4.79 Å².